The molecule has 1 amide bonds. The molecule has 6 rings (SSSR count). The smallest absolute Gasteiger partial charge is 0.237 e. The van der Waals surface area contributed by atoms with Gasteiger partial charge in [0.15, 0.2) is 0 Å². The van der Waals surface area contributed by atoms with Gasteiger partial charge in [-0.1, -0.05) is 90.5 Å². The average Bonchev–Trinajstić information content (AvgIpc) is 3.36. The molecule has 38 heavy (non-hydrogen) atoms. The minimum atomic E-state index is -0.0824. The number of benzene rings is 4. The Morgan fingerprint density at radius 2 is 1.50 bits per heavy atom. The van der Waals surface area contributed by atoms with Gasteiger partial charge in [0, 0.05) is 24.2 Å². The van der Waals surface area contributed by atoms with Gasteiger partial charge in [-0.05, 0) is 70.8 Å². The zero-order valence-electron chi connectivity index (χ0n) is 21.3. The zero-order valence-corrected chi connectivity index (χ0v) is 22.0. The molecular weight excluding hydrogens is 492 g/mol. The summed E-state index contributed by atoms with van der Waals surface area (Å²) in [5.74, 6) is 0.318. The predicted molar refractivity (Wildman–Crippen MR) is 151 cm³/mol. The maximum absolute atomic E-state index is 14.2. The van der Waals surface area contributed by atoms with Gasteiger partial charge in [0.2, 0.25) is 5.91 Å². The third-order valence-corrected chi connectivity index (χ3v) is 8.32. The van der Waals surface area contributed by atoms with Gasteiger partial charge in [-0.2, -0.15) is 0 Å². The molecule has 0 saturated carbocycles. The van der Waals surface area contributed by atoms with Crippen molar-refractivity contribution in [2.24, 2.45) is 0 Å². The molecule has 1 heterocycles. The quantitative estimate of drug-likeness (QED) is 0.328. The zero-order chi connectivity index (χ0) is 26.1. The first-order chi connectivity index (χ1) is 18.6. The molecule has 1 atom stereocenters. The molecule has 192 valence electrons. The molecule has 1 aliphatic heterocycles. The normalized spacial score (nSPS) is 17.1. The van der Waals surface area contributed by atoms with Crippen molar-refractivity contribution in [3.63, 3.8) is 0 Å². The van der Waals surface area contributed by atoms with Crippen LogP contribution < -0.4 is 0 Å². The number of carbonyl (C=O) groups is 1. The Kier molecular flexibility index (Phi) is 6.92. The number of rotatable bonds is 6. The van der Waals surface area contributed by atoms with Gasteiger partial charge >= 0.3 is 0 Å². The first kappa shape index (κ1) is 24.7. The highest BCUT2D eigenvalue weighted by Gasteiger charge is 2.35. The van der Waals surface area contributed by atoms with E-state index in [4.69, 9.17) is 11.6 Å². The fraction of sp³-hybridized carbons (Fsp3) is 0.242. The number of phenolic OH excluding ortho intramolecular Hbond substituents is 1. The van der Waals surface area contributed by atoms with Gasteiger partial charge in [0.05, 0.1) is 12.6 Å². The van der Waals surface area contributed by atoms with Crippen molar-refractivity contribution >= 4 is 17.5 Å². The van der Waals surface area contributed by atoms with Crippen molar-refractivity contribution in [3.8, 4) is 5.75 Å². The molecule has 0 spiro atoms. The summed E-state index contributed by atoms with van der Waals surface area (Å²) in [7, 11) is 0. The fourth-order valence-electron chi connectivity index (χ4n) is 6.14. The number of aromatic hydroxyl groups is 1. The van der Waals surface area contributed by atoms with E-state index in [-0.39, 0.29) is 23.7 Å². The van der Waals surface area contributed by atoms with E-state index in [0.717, 1.165) is 42.0 Å². The van der Waals surface area contributed by atoms with E-state index in [0.29, 0.717) is 13.1 Å². The lowest BCUT2D eigenvalue weighted by Crippen LogP contribution is -2.48. The van der Waals surface area contributed by atoms with Crippen LogP contribution in [0.5, 0.6) is 5.75 Å². The number of hydrogen-bond donors (Lipinski definition) is 1. The summed E-state index contributed by atoms with van der Waals surface area (Å²) in [5, 5.41) is 10.8. The Morgan fingerprint density at radius 3 is 2.21 bits per heavy atom. The standard InChI is InChI=1S/C33H31ClN2O2/c34-31-15-6-5-14-30(31)33-29-13-4-3-9-24(29)16-17-35(33)22-32(38)36(21-23-8-7-12-28(37)18-23)27-19-25-10-1-2-11-26(25)20-27/h1-15,18,27,33,37H,16-17,19-22H2. The van der Waals surface area contributed by atoms with Crippen molar-refractivity contribution in [1.82, 2.24) is 9.80 Å². The second-order valence-electron chi connectivity index (χ2n) is 10.4. The van der Waals surface area contributed by atoms with Gasteiger partial charge in [0.1, 0.15) is 5.75 Å². The Morgan fingerprint density at radius 1 is 0.842 bits per heavy atom. The van der Waals surface area contributed by atoms with Gasteiger partial charge in [-0.3, -0.25) is 9.69 Å². The predicted octanol–water partition coefficient (Wildman–Crippen LogP) is 6.19. The van der Waals surface area contributed by atoms with Crippen LogP contribution in [-0.4, -0.2) is 39.9 Å². The molecule has 1 N–H and O–H groups in total. The van der Waals surface area contributed by atoms with Gasteiger partial charge in [-0.15, -0.1) is 0 Å². The van der Waals surface area contributed by atoms with Crippen LogP contribution in [-0.2, 0) is 30.6 Å². The van der Waals surface area contributed by atoms with Gasteiger partial charge in [-0.25, -0.2) is 0 Å². The monoisotopic (exact) mass is 522 g/mol. The highest BCUT2D eigenvalue weighted by molar-refractivity contribution is 6.31. The summed E-state index contributed by atoms with van der Waals surface area (Å²) in [4.78, 5) is 18.5. The third-order valence-electron chi connectivity index (χ3n) is 7.98. The summed E-state index contributed by atoms with van der Waals surface area (Å²) < 4.78 is 0. The Hall–Kier alpha value is -3.60. The Balaban J connectivity index is 1.32. The lowest BCUT2D eigenvalue weighted by Gasteiger charge is -2.39. The summed E-state index contributed by atoms with van der Waals surface area (Å²) in [6, 6.07) is 32.2. The summed E-state index contributed by atoms with van der Waals surface area (Å²) in [6.07, 6.45) is 2.58. The van der Waals surface area contributed by atoms with E-state index in [1.807, 2.05) is 35.2 Å². The van der Waals surface area contributed by atoms with Gasteiger partial charge < -0.3 is 10.0 Å². The molecular formula is C33H31ClN2O2. The molecule has 4 aromatic rings. The fourth-order valence-corrected chi connectivity index (χ4v) is 6.38. The van der Waals surface area contributed by atoms with E-state index in [9.17, 15) is 9.90 Å². The van der Waals surface area contributed by atoms with Crippen molar-refractivity contribution < 1.29 is 9.90 Å². The van der Waals surface area contributed by atoms with Crippen LogP contribution in [0.2, 0.25) is 5.02 Å². The number of carbonyl (C=O) groups excluding carboxylic acids is 1. The van der Waals surface area contributed by atoms with E-state index >= 15 is 0 Å². The molecule has 0 saturated heterocycles. The molecule has 5 heteroatoms. The van der Waals surface area contributed by atoms with Crippen LogP contribution in [0.3, 0.4) is 0 Å². The molecule has 1 aliphatic carbocycles. The average molecular weight is 523 g/mol. The van der Waals surface area contributed by atoms with E-state index in [1.54, 1.807) is 12.1 Å². The molecule has 4 nitrogen and oxygen atoms in total. The summed E-state index contributed by atoms with van der Waals surface area (Å²) >= 11 is 6.72. The highest BCUT2D eigenvalue weighted by Crippen LogP contribution is 2.38. The van der Waals surface area contributed by atoms with Crippen LogP contribution in [0.1, 0.15) is 39.4 Å². The van der Waals surface area contributed by atoms with Crippen molar-refractivity contribution in [2.45, 2.75) is 37.9 Å². The molecule has 0 aromatic heterocycles. The molecule has 0 bridgehead atoms. The minimum Gasteiger partial charge on any atom is -0.508 e. The first-order valence-corrected chi connectivity index (χ1v) is 13.6. The number of hydrogen-bond acceptors (Lipinski definition) is 3. The second kappa shape index (κ2) is 10.6. The number of amides is 1. The second-order valence-corrected chi connectivity index (χ2v) is 10.8. The minimum absolute atomic E-state index is 0.0816. The molecule has 0 radical (unpaired) electrons. The maximum Gasteiger partial charge on any atom is 0.237 e. The summed E-state index contributed by atoms with van der Waals surface area (Å²) in [5.41, 5.74) is 7.11. The van der Waals surface area contributed by atoms with Crippen molar-refractivity contribution in [2.75, 3.05) is 13.1 Å². The van der Waals surface area contributed by atoms with E-state index in [1.165, 1.54) is 22.3 Å². The third kappa shape index (κ3) is 4.94. The molecule has 2 aliphatic rings. The van der Waals surface area contributed by atoms with Crippen LogP contribution in [0, 0.1) is 0 Å². The number of phenols is 1. The van der Waals surface area contributed by atoms with Crippen molar-refractivity contribution in [3.05, 3.63) is 135 Å². The van der Waals surface area contributed by atoms with Crippen LogP contribution in [0.15, 0.2) is 97.1 Å². The molecule has 4 aromatic carbocycles. The van der Waals surface area contributed by atoms with Crippen LogP contribution in [0.25, 0.3) is 0 Å². The first-order valence-electron chi connectivity index (χ1n) is 13.3. The lowest BCUT2D eigenvalue weighted by molar-refractivity contribution is -0.135. The lowest BCUT2D eigenvalue weighted by atomic mass is 9.88. The SMILES string of the molecule is O=C(CN1CCc2ccccc2C1c1ccccc1Cl)N(Cc1cccc(O)c1)C1Cc2ccccc2C1. The number of nitrogens with zero attached hydrogens (tertiary/aromatic N) is 2. The topological polar surface area (TPSA) is 43.8 Å². The highest BCUT2D eigenvalue weighted by atomic mass is 35.5. The number of halogens is 1. The maximum atomic E-state index is 14.2. The number of fused-ring (bicyclic) bond motifs is 2. The molecule has 0 fully saturated rings. The van der Waals surface area contributed by atoms with Crippen molar-refractivity contribution in [1.29, 1.82) is 0 Å². The summed E-state index contributed by atoms with van der Waals surface area (Å²) in [6.45, 7) is 1.55. The Bertz CT molecular complexity index is 1440. The molecule has 1 unspecified atom stereocenters. The Labute approximate surface area is 229 Å². The van der Waals surface area contributed by atoms with Crippen LogP contribution in [0.4, 0.5) is 0 Å². The largest absolute Gasteiger partial charge is 0.508 e. The van der Waals surface area contributed by atoms with E-state index < -0.39 is 0 Å². The van der Waals surface area contributed by atoms with Crippen LogP contribution >= 0.6 is 11.6 Å². The van der Waals surface area contributed by atoms with E-state index in [2.05, 4.69) is 59.5 Å². The van der Waals surface area contributed by atoms with Gasteiger partial charge in [0.25, 0.3) is 0 Å².